The van der Waals surface area contributed by atoms with Crippen molar-refractivity contribution in [3.05, 3.63) is 29.8 Å². The van der Waals surface area contributed by atoms with Gasteiger partial charge in [0, 0.05) is 29.9 Å². The van der Waals surface area contributed by atoms with E-state index in [4.69, 9.17) is 0 Å². The maximum absolute atomic E-state index is 12.3. The van der Waals surface area contributed by atoms with Crippen molar-refractivity contribution in [2.45, 2.75) is 76.0 Å². The SMILES string of the molecule is Cc1ccc(NC(=O)NC2C[C@@H]3CCC[C@@H](C2)N3C2CC2)cc1. The molecule has 0 unspecified atom stereocenters. The van der Waals surface area contributed by atoms with Gasteiger partial charge in [-0.25, -0.2) is 4.79 Å². The highest BCUT2D eigenvalue weighted by molar-refractivity contribution is 5.89. The minimum Gasteiger partial charge on any atom is -0.335 e. The van der Waals surface area contributed by atoms with Crippen molar-refractivity contribution in [1.82, 2.24) is 10.2 Å². The molecule has 2 bridgehead atoms. The van der Waals surface area contributed by atoms with Crippen LogP contribution in [0.3, 0.4) is 0 Å². The molecule has 0 spiro atoms. The summed E-state index contributed by atoms with van der Waals surface area (Å²) in [5.41, 5.74) is 2.07. The lowest BCUT2D eigenvalue weighted by molar-refractivity contribution is 0.0198. The Bertz CT molecular complexity index is 552. The van der Waals surface area contributed by atoms with Gasteiger partial charge in [0.05, 0.1) is 0 Å². The van der Waals surface area contributed by atoms with Crippen molar-refractivity contribution in [2.75, 3.05) is 5.32 Å². The molecule has 2 N–H and O–H groups in total. The number of fused-ring (bicyclic) bond motifs is 2. The van der Waals surface area contributed by atoms with Crippen molar-refractivity contribution in [1.29, 1.82) is 0 Å². The van der Waals surface area contributed by atoms with E-state index in [0.717, 1.165) is 24.6 Å². The topological polar surface area (TPSA) is 44.4 Å². The zero-order valence-electron chi connectivity index (χ0n) is 13.9. The largest absolute Gasteiger partial charge is 0.335 e. The first kappa shape index (κ1) is 15.0. The Hall–Kier alpha value is -1.55. The van der Waals surface area contributed by atoms with Crippen LogP contribution in [-0.2, 0) is 0 Å². The highest BCUT2D eigenvalue weighted by Gasteiger charge is 2.45. The normalized spacial score (nSPS) is 30.7. The Morgan fingerprint density at radius 1 is 1.00 bits per heavy atom. The van der Waals surface area contributed by atoms with Crippen LogP contribution in [0.2, 0.25) is 0 Å². The summed E-state index contributed by atoms with van der Waals surface area (Å²) >= 11 is 0. The van der Waals surface area contributed by atoms with E-state index in [1.165, 1.54) is 37.7 Å². The predicted molar refractivity (Wildman–Crippen MR) is 92.6 cm³/mol. The molecule has 1 aromatic carbocycles. The van der Waals surface area contributed by atoms with Crippen LogP contribution in [0.5, 0.6) is 0 Å². The average molecular weight is 313 g/mol. The van der Waals surface area contributed by atoms with Gasteiger partial charge in [-0.1, -0.05) is 24.1 Å². The fraction of sp³-hybridized carbons (Fsp3) is 0.632. The molecule has 1 aliphatic carbocycles. The molecule has 0 aromatic heterocycles. The molecule has 4 heteroatoms. The van der Waals surface area contributed by atoms with Crippen LogP contribution in [0.15, 0.2) is 24.3 Å². The summed E-state index contributed by atoms with van der Waals surface area (Å²) in [5.74, 6) is 0. The summed E-state index contributed by atoms with van der Waals surface area (Å²) in [4.78, 5) is 15.1. The fourth-order valence-electron chi connectivity index (χ4n) is 4.49. The van der Waals surface area contributed by atoms with Crippen molar-refractivity contribution in [3.8, 4) is 0 Å². The van der Waals surface area contributed by atoms with Crippen molar-refractivity contribution < 1.29 is 4.79 Å². The van der Waals surface area contributed by atoms with Crippen LogP contribution in [0.1, 0.15) is 50.5 Å². The number of nitrogens with one attached hydrogen (secondary N) is 2. The lowest BCUT2D eigenvalue weighted by Crippen LogP contribution is -2.58. The number of nitrogens with zero attached hydrogens (tertiary/aromatic N) is 1. The minimum atomic E-state index is -0.0585. The van der Waals surface area contributed by atoms with E-state index in [9.17, 15) is 4.79 Å². The van der Waals surface area contributed by atoms with E-state index in [1.54, 1.807) is 0 Å². The summed E-state index contributed by atoms with van der Waals surface area (Å²) in [7, 11) is 0. The zero-order valence-corrected chi connectivity index (χ0v) is 13.9. The van der Waals surface area contributed by atoms with Crippen molar-refractivity contribution in [3.63, 3.8) is 0 Å². The van der Waals surface area contributed by atoms with Crippen LogP contribution in [0.25, 0.3) is 0 Å². The van der Waals surface area contributed by atoms with Crippen LogP contribution >= 0.6 is 0 Å². The molecule has 0 radical (unpaired) electrons. The minimum absolute atomic E-state index is 0.0585. The second-order valence-electron chi connectivity index (χ2n) is 7.55. The average Bonchev–Trinajstić information content (AvgIpc) is 3.33. The molecule has 4 rings (SSSR count). The lowest BCUT2D eigenvalue weighted by atomic mass is 9.81. The molecule has 1 saturated carbocycles. The summed E-state index contributed by atoms with van der Waals surface area (Å²) in [6, 6.07) is 10.5. The fourth-order valence-corrected chi connectivity index (χ4v) is 4.49. The molecule has 3 fully saturated rings. The van der Waals surface area contributed by atoms with E-state index < -0.39 is 0 Å². The summed E-state index contributed by atoms with van der Waals surface area (Å²) < 4.78 is 0. The monoisotopic (exact) mass is 313 g/mol. The number of benzene rings is 1. The van der Waals surface area contributed by atoms with Crippen LogP contribution in [0.4, 0.5) is 10.5 Å². The van der Waals surface area contributed by atoms with E-state index in [-0.39, 0.29) is 6.03 Å². The van der Waals surface area contributed by atoms with Gasteiger partial charge in [-0.2, -0.15) is 0 Å². The Labute approximate surface area is 138 Å². The standard InChI is InChI=1S/C19H27N3O/c1-13-5-7-14(8-6-13)20-19(23)21-15-11-17-3-2-4-18(12-15)22(17)16-9-10-16/h5-8,15-18H,2-4,9-12H2,1H3,(H2,20,21,23)/t17-,18-/m0/s1. The summed E-state index contributed by atoms with van der Waals surface area (Å²) in [6.45, 7) is 2.05. The molecular formula is C19H27N3O. The first-order chi connectivity index (χ1) is 11.2. The van der Waals surface area contributed by atoms with E-state index >= 15 is 0 Å². The Morgan fingerprint density at radius 3 is 2.26 bits per heavy atom. The van der Waals surface area contributed by atoms with E-state index in [0.29, 0.717) is 18.1 Å². The van der Waals surface area contributed by atoms with Gasteiger partial charge in [-0.05, 0) is 57.6 Å². The first-order valence-electron chi connectivity index (χ1n) is 9.10. The number of hydrogen-bond donors (Lipinski definition) is 2. The predicted octanol–water partition coefficient (Wildman–Crippen LogP) is 3.66. The van der Waals surface area contributed by atoms with Gasteiger partial charge in [0.15, 0.2) is 0 Å². The second kappa shape index (κ2) is 6.16. The molecule has 23 heavy (non-hydrogen) atoms. The molecular weight excluding hydrogens is 286 g/mol. The molecule has 2 aliphatic heterocycles. The number of urea groups is 1. The highest BCUT2D eigenvalue weighted by atomic mass is 16.2. The van der Waals surface area contributed by atoms with Gasteiger partial charge in [0.1, 0.15) is 0 Å². The molecule has 1 aromatic rings. The number of anilines is 1. The van der Waals surface area contributed by atoms with Crippen molar-refractivity contribution >= 4 is 11.7 Å². The number of hydrogen-bond acceptors (Lipinski definition) is 2. The van der Waals surface area contributed by atoms with Gasteiger partial charge < -0.3 is 10.6 Å². The Kier molecular flexibility index (Phi) is 4.02. The van der Waals surface area contributed by atoms with Gasteiger partial charge in [0.2, 0.25) is 0 Å². The maximum atomic E-state index is 12.3. The molecule has 3 aliphatic rings. The number of aryl methyl sites for hydroxylation is 1. The number of carbonyl (C=O) groups excluding carboxylic acids is 1. The molecule has 124 valence electrons. The zero-order chi connectivity index (χ0) is 15.8. The van der Waals surface area contributed by atoms with Gasteiger partial charge in [-0.3, -0.25) is 4.90 Å². The van der Waals surface area contributed by atoms with Crippen molar-refractivity contribution in [2.24, 2.45) is 0 Å². The molecule has 2 amide bonds. The number of carbonyl (C=O) groups is 1. The quantitative estimate of drug-likeness (QED) is 0.894. The van der Waals surface area contributed by atoms with Crippen LogP contribution in [0, 0.1) is 6.92 Å². The summed E-state index contributed by atoms with van der Waals surface area (Å²) in [5, 5.41) is 6.18. The Balaban J connectivity index is 1.34. The lowest BCUT2D eigenvalue weighted by Gasteiger charge is -2.49. The van der Waals surface area contributed by atoms with Gasteiger partial charge >= 0.3 is 6.03 Å². The highest BCUT2D eigenvalue weighted by Crippen LogP contribution is 2.41. The number of rotatable bonds is 3. The molecule has 2 atom stereocenters. The van der Waals surface area contributed by atoms with Crippen LogP contribution < -0.4 is 10.6 Å². The molecule has 2 heterocycles. The van der Waals surface area contributed by atoms with Gasteiger partial charge in [0.25, 0.3) is 0 Å². The maximum Gasteiger partial charge on any atom is 0.319 e. The van der Waals surface area contributed by atoms with E-state index in [1.807, 2.05) is 24.3 Å². The Morgan fingerprint density at radius 2 is 1.65 bits per heavy atom. The number of amides is 2. The number of piperidine rings is 2. The summed E-state index contributed by atoms with van der Waals surface area (Å²) in [6.07, 6.45) is 9.00. The van der Waals surface area contributed by atoms with Gasteiger partial charge in [-0.15, -0.1) is 0 Å². The van der Waals surface area contributed by atoms with E-state index in [2.05, 4.69) is 22.5 Å². The third-order valence-corrected chi connectivity index (χ3v) is 5.64. The third-order valence-electron chi connectivity index (χ3n) is 5.64. The first-order valence-corrected chi connectivity index (χ1v) is 9.10. The van der Waals surface area contributed by atoms with Crippen LogP contribution in [-0.4, -0.2) is 35.1 Å². The molecule has 4 nitrogen and oxygen atoms in total. The molecule has 2 saturated heterocycles. The second-order valence-corrected chi connectivity index (χ2v) is 7.55. The third kappa shape index (κ3) is 3.37. The smallest absolute Gasteiger partial charge is 0.319 e.